The number of aromatic nitrogens is 2. The first kappa shape index (κ1) is 10.6. The van der Waals surface area contributed by atoms with E-state index in [4.69, 9.17) is 21.9 Å². The Morgan fingerprint density at radius 2 is 2.18 bits per heavy atom. The fourth-order valence-corrected chi connectivity index (χ4v) is 2.20. The van der Waals surface area contributed by atoms with E-state index in [1.54, 1.807) is 18.2 Å². The first-order valence-electron chi connectivity index (χ1n) is 5.63. The van der Waals surface area contributed by atoms with E-state index in [1.165, 1.54) is 6.42 Å². The normalized spacial score (nSPS) is 15.8. The SMILES string of the molecule is Nc1cccc(Cl)c1-c1nc(C2CCC2)no1. The minimum Gasteiger partial charge on any atom is -0.398 e. The zero-order chi connectivity index (χ0) is 11.8. The molecule has 0 saturated heterocycles. The third-order valence-corrected chi connectivity index (χ3v) is 3.49. The topological polar surface area (TPSA) is 64.9 Å². The van der Waals surface area contributed by atoms with Crippen molar-refractivity contribution in [2.24, 2.45) is 0 Å². The summed E-state index contributed by atoms with van der Waals surface area (Å²) < 4.78 is 5.24. The van der Waals surface area contributed by atoms with Crippen LogP contribution in [0.1, 0.15) is 31.0 Å². The zero-order valence-electron chi connectivity index (χ0n) is 9.19. The Labute approximate surface area is 104 Å². The highest BCUT2D eigenvalue weighted by Crippen LogP contribution is 2.37. The van der Waals surface area contributed by atoms with Gasteiger partial charge in [0.1, 0.15) is 0 Å². The van der Waals surface area contributed by atoms with Crippen molar-refractivity contribution in [1.82, 2.24) is 10.1 Å². The molecule has 17 heavy (non-hydrogen) atoms. The molecule has 1 fully saturated rings. The van der Waals surface area contributed by atoms with Crippen molar-refractivity contribution < 1.29 is 4.52 Å². The van der Waals surface area contributed by atoms with Crippen molar-refractivity contribution in [2.45, 2.75) is 25.2 Å². The maximum Gasteiger partial charge on any atom is 0.261 e. The van der Waals surface area contributed by atoms with Gasteiger partial charge in [-0.25, -0.2) is 0 Å². The summed E-state index contributed by atoms with van der Waals surface area (Å²) >= 11 is 6.09. The van der Waals surface area contributed by atoms with Crippen LogP contribution in [-0.2, 0) is 0 Å². The first-order chi connectivity index (χ1) is 8.25. The zero-order valence-corrected chi connectivity index (χ0v) is 9.94. The van der Waals surface area contributed by atoms with Gasteiger partial charge >= 0.3 is 0 Å². The van der Waals surface area contributed by atoms with Crippen LogP contribution in [0.15, 0.2) is 22.7 Å². The van der Waals surface area contributed by atoms with Crippen molar-refractivity contribution in [3.05, 3.63) is 29.0 Å². The summed E-state index contributed by atoms with van der Waals surface area (Å²) in [5, 5.41) is 4.53. The Morgan fingerprint density at radius 3 is 2.82 bits per heavy atom. The molecule has 4 nitrogen and oxygen atoms in total. The molecular formula is C12H12ClN3O. The van der Waals surface area contributed by atoms with Crippen molar-refractivity contribution in [3.63, 3.8) is 0 Å². The Bertz CT molecular complexity index is 528. The van der Waals surface area contributed by atoms with Gasteiger partial charge in [0.2, 0.25) is 0 Å². The lowest BCUT2D eigenvalue weighted by molar-refractivity contribution is 0.366. The molecule has 0 aliphatic heterocycles. The fraction of sp³-hybridized carbons (Fsp3) is 0.333. The molecule has 1 aromatic heterocycles. The smallest absolute Gasteiger partial charge is 0.261 e. The monoisotopic (exact) mass is 249 g/mol. The minimum atomic E-state index is 0.412. The van der Waals surface area contributed by atoms with Crippen LogP contribution >= 0.6 is 11.6 Å². The highest BCUT2D eigenvalue weighted by molar-refractivity contribution is 6.33. The molecule has 5 heteroatoms. The molecule has 1 aromatic carbocycles. The van der Waals surface area contributed by atoms with Crippen molar-refractivity contribution in [2.75, 3.05) is 5.73 Å². The number of hydrogen-bond donors (Lipinski definition) is 1. The van der Waals surface area contributed by atoms with Gasteiger partial charge in [-0.15, -0.1) is 0 Å². The standard InChI is InChI=1S/C12H12ClN3O/c13-8-5-2-6-9(14)10(8)12-15-11(16-17-12)7-3-1-4-7/h2,5-7H,1,3-4,14H2. The lowest BCUT2D eigenvalue weighted by Gasteiger charge is -2.20. The molecule has 0 unspecified atom stereocenters. The fourth-order valence-electron chi connectivity index (χ4n) is 1.94. The van der Waals surface area contributed by atoms with Gasteiger partial charge < -0.3 is 10.3 Å². The van der Waals surface area contributed by atoms with E-state index in [2.05, 4.69) is 10.1 Å². The van der Waals surface area contributed by atoms with E-state index in [9.17, 15) is 0 Å². The Kier molecular flexibility index (Phi) is 2.52. The second-order valence-corrected chi connectivity index (χ2v) is 4.70. The van der Waals surface area contributed by atoms with Gasteiger partial charge in [-0.05, 0) is 25.0 Å². The molecule has 1 aliphatic rings. The van der Waals surface area contributed by atoms with Crippen LogP contribution in [-0.4, -0.2) is 10.1 Å². The number of benzene rings is 1. The van der Waals surface area contributed by atoms with Crippen molar-refractivity contribution in [3.8, 4) is 11.5 Å². The number of rotatable bonds is 2. The van der Waals surface area contributed by atoms with Crippen LogP contribution in [0.5, 0.6) is 0 Å². The van der Waals surface area contributed by atoms with Gasteiger partial charge in [0, 0.05) is 11.6 Å². The van der Waals surface area contributed by atoms with Gasteiger partial charge in [-0.3, -0.25) is 0 Å². The second-order valence-electron chi connectivity index (χ2n) is 4.29. The molecule has 2 aromatic rings. The Hall–Kier alpha value is -1.55. The predicted molar refractivity (Wildman–Crippen MR) is 65.7 cm³/mol. The number of hydrogen-bond acceptors (Lipinski definition) is 4. The molecular weight excluding hydrogens is 238 g/mol. The largest absolute Gasteiger partial charge is 0.398 e. The molecule has 0 bridgehead atoms. The Balaban J connectivity index is 2.00. The summed E-state index contributed by atoms with van der Waals surface area (Å²) in [4.78, 5) is 4.38. The summed E-state index contributed by atoms with van der Waals surface area (Å²) in [5.41, 5.74) is 7.06. The van der Waals surface area contributed by atoms with Crippen molar-refractivity contribution in [1.29, 1.82) is 0 Å². The van der Waals surface area contributed by atoms with Crippen LogP contribution < -0.4 is 5.73 Å². The van der Waals surface area contributed by atoms with Gasteiger partial charge in [0.15, 0.2) is 5.82 Å². The van der Waals surface area contributed by atoms with Crippen LogP contribution in [0.4, 0.5) is 5.69 Å². The molecule has 1 saturated carbocycles. The van der Waals surface area contributed by atoms with E-state index < -0.39 is 0 Å². The first-order valence-corrected chi connectivity index (χ1v) is 6.01. The molecule has 0 atom stereocenters. The average molecular weight is 250 g/mol. The molecule has 0 radical (unpaired) electrons. The molecule has 1 aliphatic carbocycles. The summed E-state index contributed by atoms with van der Waals surface area (Å²) in [6, 6.07) is 5.33. The van der Waals surface area contributed by atoms with Gasteiger partial charge in [0.25, 0.3) is 5.89 Å². The van der Waals surface area contributed by atoms with E-state index in [0.29, 0.717) is 28.1 Å². The number of nitrogens with two attached hydrogens (primary N) is 1. The molecule has 88 valence electrons. The maximum absolute atomic E-state index is 6.09. The third-order valence-electron chi connectivity index (χ3n) is 3.17. The van der Waals surface area contributed by atoms with E-state index in [0.717, 1.165) is 18.7 Å². The lowest BCUT2D eigenvalue weighted by atomic mass is 9.85. The predicted octanol–water partition coefficient (Wildman–Crippen LogP) is 3.24. The second kappa shape index (κ2) is 4.04. The maximum atomic E-state index is 6.09. The highest BCUT2D eigenvalue weighted by atomic mass is 35.5. The van der Waals surface area contributed by atoms with E-state index in [-0.39, 0.29) is 0 Å². The molecule has 3 rings (SSSR count). The molecule has 0 spiro atoms. The van der Waals surface area contributed by atoms with Crippen molar-refractivity contribution >= 4 is 17.3 Å². The number of nitrogen functional groups attached to an aromatic ring is 1. The number of halogens is 1. The van der Waals surface area contributed by atoms with E-state index >= 15 is 0 Å². The third kappa shape index (κ3) is 1.78. The van der Waals surface area contributed by atoms with Crippen LogP contribution in [0.3, 0.4) is 0 Å². The Morgan fingerprint density at radius 1 is 1.35 bits per heavy atom. The van der Waals surface area contributed by atoms with Crippen LogP contribution in [0.25, 0.3) is 11.5 Å². The lowest BCUT2D eigenvalue weighted by Crippen LogP contribution is -2.10. The summed E-state index contributed by atoms with van der Waals surface area (Å²) in [6.07, 6.45) is 3.51. The summed E-state index contributed by atoms with van der Waals surface area (Å²) in [6.45, 7) is 0. The minimum absolute atomic E-state index is 0.412. The van der Waals surface area contributed by atoms with Crippen LogP contribution in [0.2, 0.25) is 5.02 Å². The number of anilines is 1. The molecule has 2 N–H and O–H groups in total. The number of nitrogens with zero attached hydrogens (tertiary/aromatic N) is 2. The van der Waals surface area contributed by atoms with E-state index in [1.807, 2.05) is 0 Å². The summed E-state index contributed by atoms with van der Waals surface area (Å²) in [5.74, 6) is 1.62. The van der Waals surface area contributed by atoms with Gasteiger partial charge in [-0.2, -0.15) is 4.98 Å². The van der Waals surface area contributed by atoms with Gasteiger partial charge in [0.05, 0.1) is 10.6 Å². The molecule has 1 heterocycles. The summed E-state index contributed by atoms with van der Waals surface area (Å²) in [7, 11) is 0. The average Bonchev–Trinajstić information content (AvgIpc) is 2.64. The van der Waals surface area contributed by atoms with Gasteiger partial charge in [-0.1, -0.05) is 29.2 Å². The highest BCUT2D eigenvalue weighted by Gasteiger charge is 2.25. The van der Waals surface area contributed by atoms with Crippen LogP contribution in [0, 0.1) is 0 Å². The quantitative estimate of drug-likeness (QED) is 0.830. The molecule has 0 amide bonds.